The molecule has 2 aromatic carbocycles. The SMILES string of the molecule is Cc1ccc(OC(=S)OC(C)CC(C)(C)OS(=O)c2ccc(C)cc2)cc1. The number of thiocarbonyl (C=S) groups is 1. The molecule has 2 unspecified atom stereocenters. The minimum Gasteiger partial charge on any atom is -0.453 e. The third-order valence-electron chi connectivity index (χ3n) is 3.81. The molecule has 2 rings (SSSR count). The zero-order valence-electron chi connectivity index (χ0n) is 16.4. The minimum absolute atomic E-state index is 0.0572. The Labute approximate surface area is 169 Å². The molecule has 146 valence electrons. The van der Waals surface area contributed by atoms with Crippen LogP contribution in [0.25, 0.3) is 0 Å². The Morgan fingerprint density at radius 3 is 2.11 bits per heavy atom. The van der Waals surface area contributed by atoms with Gasteiger partial charge in [0.15, 0.2) is 11.1 Å². The number of ether oxygens (including phenoxy) is 2. The van der Waals surface area contributed by atoms with E-state index in [9.17, 15) is 4.21 Å². The van der Waals surface area contributed by atoms with Crippen LogP contribution in [0.15, 0.2) is 53.4 Å². The zero-order chi connectivity index (χ0) is 20.0. The molecule has 0 saturated heterocycles. The Kier molecular flexibility index (Phi) is 7.53. The highest BCUT2D eigenvalue weighted by atomic mass is 32.2. The number of aryl methyl sites for hydroxylation is 2. The highest BCUT2D eigenvalue weighted by Crippen LogP contribution is 2.23. The summed E-state index contributed by atoms with van der Waals surface area (Å²) < 4.78 is 29.4. The summed E-state index contributed by atoms with van der Waals surface area (Å²) in [6.45, 7) is 9.62. The first kappa shape index (κ1) is 21.5. The maximum absolute atomic E-state index is 12.4. The third-order valence-corrected chi connectivity index (χ3v) is 5.25. The summed E-state index contributed by atoms with van der Waals surface area (Å²) >= 11 is 3.62. The van der Waals surface area contributed by atoms with Crippen LogP contribution in [-0.4, -0.2) is 21.2 Å². The normalized spacial score (nSPS) is 13.7. The van der Waals surface area contributed by atoms with Gasteiger partial charge in [-0.25, -0.2) is 4.21 Å². The average molecular weight is 407 g/mol. The lowest BCUT2D eigenvalue weighted by molar-refractivity contribution is 0.0548. The minimum atomic E-state index is -1.54. The van der Waals surface area contributed by atoms with Crippen molar-refractivity contribution >= 4 is 28.5 Å². The van der Waals surface area contributed by atoms with E-state index in [1.54, 1.807) is 0 Å². The number of hydrogen-bond acceptors (Lipinski definition) is 5. The summed E-state index contributed by atoms with van der Waals surface area (Å²) in [4.78, 5) is 0.639. The molecule has 2 aromatic rings. The second-order valence-electron chi connectivity index (χ2n) is 7.19. The van der Waals surface area contributed by atoms with E-state index in [1.807, 2.05) is 83.1 Å². The van der Waals surface area contributed by atoms with Crippen LogP contribution >= 0.6 is 12.2 Å². The molecule has 0 amide bonds. The van der Waals surface area contributed by atoms with Crippen LogP contribution in [0.1, 0.15) is 38.3 Å². The van der Waals surface area contributed by atoms with Gasteiger partial charge < -0.3 is 9.47 Å². The zero-order valence-corrected chi connectivity index (χ0v) is 18.0. The van der Waals surface area contributed by atoms with Gasteiger partial charge in [-0.05, 0) is 58.9 Å². The van der Waals surface area contributed by atoms with E-state index in [0.29, 0.717) is 17.1 Å². The van der Waals surface area contributed by atoms with Crippen LogP contribution in [-0.2, 0) is 20.0 Å². The molecule has 4 nitrogen and oxygen atoms in total. The van der Waals surface area contributed by atoms with Gasteiger partial charge in [-0.1, -0.05) is 35.4 Å². The summed E-state index contributed by atoms with van der Waals surface area (Å²) in [6.07, 6.45) is 0.245. The third kappa shape index (κ3) is 7.40. The molecular weight excluding hydrogens is 380 g/mol. The monoisotopic (exact) mass is 406 g/mol. The van der Waals surface area contributed by atoms with Crippen molar-refractivity contribution in [1.29, 1.82) is 0 Å². The van der Waals surface area contributed by atoms with Crippen LogP contribution in [0.2, 0.25) is 0 Å². The molecule has 0 spiro atoms. The molecule has 2 atom stereocenters. The van der Waals surface area contributed by atoms with E-state index in [2.05, 4.69) is 0 Å². The molecule has 0 fully saturated rings. The second kappa shape index (κ2) is 9.44. The van der Waals surface area contributed by atoms with Crippen molar-refractivity contribution in [3.8, 4) is 5.75 Å². The lowest BCUT2D eigenvalue weighted by Gasteiger charge is -2.27. The van der Waals surface area contributed by atoms with Gasteiger partial charge in [0.25, 0.3) is 0 Å². The van der Waals surface area contributed by atoms with E-state index in [1.165, 1.54) is 0 Å². The molecule has 0 bridgehead atoms. The van der Waals surface area contributed by atoms with Crippen molar-refractivity contribution in [3.05, 3.63) is 59.7 Å². The van der Waals surface area contributed by atoms with Gasteiger partial charge in [0, 0.05) is 18.6 Å². The summed E-state index contributed by atoms with van der Waals surface area (Å²) in [5.41, 5.74) is 1.59. The largest absolute Gasteiger partial charge is 0.453 e. The van der Waals surface area contributed by atoms with Crippen molar-refractivity contribution < 1.29 is 17.9 Å². The van der Waals surface area contributed by atoms with E-state index in [-0.39, 0.29) is 11.3 Å². The van der Waals surface area contributed by atoms with Crippen LogP contribution in [0.4, 0.5) is 0 Å². The van der Waals surface area contributed by atoms with Crippen molar-refractivity contribution in [2.45, 2.75) is 57.6 Å². The smallest absolute Gasteiger partial charge is 0.358 e. The van der Waals surface area contributed by atoms with Crippen LogP contribution in [0, 0.1) is 13.8 Å². The molecule has 6 heteroatoms. The van der Waals surface area contributed by atoms with Gasteiger partial charge in [-0.15, -0.1) is 0 Å². The quantitative estimate of drug-likeness (QED) is 0.585. The lowest BCUT2D eigenvalue weighted by atomic mass is 10.0. The van der Waals surface area contributed by atoms with Crippen molar-refractivity contribution in [1.82, 2.24) is 0 Å². The maximum atomic E-state index is 12.4. The molecule has 0 radical (unpaired) electrons. The number of benzene rings is 2. The van der Waals surface area contributed by atoms with Crippen LogP contribution in [0.5, 0.6) is 5.75 Å². The second-order valence-corrected chi connectivity index (χ2v) is 8.63. The predicted molar refractivity (Wildman–Crippen MR) is 112 cm³/mol. The molecule has 0 aliphatic rings. The average Bonchev–Trinajstić information content (AvgIpc) is 2.56. The van der Waals surface area contributed by atoms with E-state index in [4.69, 9.17) is 25.9 Å². The molecule has 27 heavy (non-hydrogen) atoms. The highest BCUT2D eigenvalue weighted by Gasteiger charge is 2.27. The van der Waals surface area contributed by atoms with Crippen LogP contribution in [0.3, 0.4) is 0 Å². The van der Waals surface area contributed by atoms with Crippen LogP contribution < -0.4 is 4.74 Å². The summed E-state index contributed by atoms with van der Waals surface area (Å²) in [5.74, 6) is 0.633. The summed E-state index contributed by atoms with van der Waals surface area (Å²) in [5, 5.41) is 0.0572. The fraction of sp³-hybridized carbons (Fsp3) is 0.381. The molecule has 0 saturated carbocycles. The first-order valence-electron chi connectivity index (χ1n) is 8.78. The first-order valence-corrected chi connectivity index (χ1v) is 10.3. The van der Waals surface area contributed by atoms with Gasteiger partial charge in [0.05, 0.1) is 10.5 Å². The predicted octanol–water partition coefficient (Wildman–Crippen LogP) is 5.28. The Hall–Kier alpha value is -1.76. The molecule has 0 aliphatic carbocycles. The Morgan fingerprint density at radius 2 is 1.56 bits per heavy atom. The molecule has 0 N–H and O–H groups in total. The fourth-order valence-electron chi connectivity index (χ4n) is 2.56. The topological polar surface area (TPSA) is 44.8 Å². The Morgan fingerprint density at radius 1 is 1.04 bits per heavy atom. The molecule has 0 aromatic heterocycles. The molecular formula is C21H26O4S2. The number of hydrogen-bond donors (Lipinski definition) is 0. The van der Waals surface area contributed by atoms with Gasteiger partial charge in [0.2, 0.25) is 0 Å². The van der Waals surface area contributed by atoms with E-state index in [0.717, 1.165) is 11.1 Å². The lowest BCUT2D eigenvalue weighted by Crippen LogP contribution is -2.32. The molecule has 0 aliphatic heterocycles. The van der Waals surface area contributed by atoms with E-state index >= 15 is 0 Å². The maximum Gasteiger partial charge on any atom is 0.358 e. The van der Waals surface area contributed by atoms with Gasteiger partial charge in [-0.2, -0.15) is 0 Å². The van der Waals surface area contributed by atoms with Crippen molar-refractivity contribution in [2.75, 3.05) is 0 Å². The highest BCUT2D eigenvalue weighted by molar-refractivity contribution is 7.80. The Bertz CT molecular complexity index is 783. The van der Waals surface area contributed by atoms with Gasteiger partial charge >= 0.3 is 5.24 Å². The summed E-state index contributed by atoms with van der Waals surface area (Å²) in [7, 11) is 0. The van der Waals surface area contributed by atoms with E-state index < -0.39 is 16.7 Å². The standard InChI is InChI=1S/C21H26O4S2/c1-15-6-10-18(11-7-15)24-20(26)23-17(3)14-21(4,5)25-27(22)19-12-8-16(2)9-13-19/h6-13,17H,14H2,1-5H3. The van der Waals surface area contributed by atoms with Gasteiger partial charge in [-0.3, -0.25) is 4.18 Å². The number of rotatable bonds is 7. The first-order chi connectivity index (χ1) is 12.6. The van der Waals surface area contributed by atoms with Gasteiger partial charge in [0.1, 0.15) is 11.9 Å². The van der Waals surface area contributed by atoms with Crippen molar-refractivity contribution in [3.63, 3.8) is 0 Å². The fourth-order valence-corrected chi connectivity index (χ4v) is 3.75. The molecule has 0 heterocycles. The Balaban J connectivity index is 1.86. The van der Waals surface area contributed by atoms with Crippen molar-refractivity contribution in [2.24, 2.45) is 0 Å². The summed E-state index contributed by atoms with van der Waals surface area (Å²) in [6, 6.07) is 15.0.